The highest BCUT2D eigenvalue weighted by Crippen LogP contribution is 2.18. The molecule has 0 aromatic carbocycles. The van der Waals surface area contributed by atoms with Crippen LogP contribution in [0.2, 0.25) is 0 Å². The lowest BCUT2D eigenvalue weighted by Gasteiger charge is -1.99. The van der Waals surface area contributed by atoms with Crippen molar-refractivity contribution in [2.45, 2.75) is 18.9 Å². The summed E-state index contributed by atoms with van der Waals surface area (Å²) in [5, 5.41) is 10.1. The van der Waals surface area contributed by atoms with Gasteiger partial charge in [0.15, 0.2) is 5.69 Å². The van der Waals surface area contributed by atoms with Crippen LogP contribution in [-0.4, -0.2) is 22.1 Å². The second kappa shape index (κ2) is 2.89. The van der Waals surface area contributed by atoms with E-state index in [4.69, 9.17) is 0 Å². The summed E-state index contributed by atoms with van der Waals surface area (Å²) in [5.74, 6) is -0.120. The second-order valence-electron chi connectivity index (χ2n) is 2.86. The third kappa shape index (κ3) is 1.58. The number of hydrogen-bond acceptors (Lipinski definition) is 3. The molecule has 0 saturated heterocycles. The molecule has 0 spiro atoms. The monoisotopic (exact) mass is 163 g/mol. The molecule has 1 amide bonds. The van der Waals surface area contributed by atoms with Gasteiger partial charge in [-0.1, -0.05) is 0 Å². The van der Waals surface area contributed by atoms with Crippen LogP contribution in [0.3, 0.4) is 0 Å². The van der Waals surface area contributed by atoms with E-state index < -0.39 is 0 Å². The maximum absolute atomic E-state index is 11.3. The van der Waals surface area contributed by atoms with E-state index in [1.165, 1.54) is 0 Å². The molecule has 1 aliphatic rings. The lowest BCUT2D eigenvalue weighted by molar-refractivity contribution is 0.0945. The van der Waals surface area contributed by atoms with Gasteiger partial charge in [0.1, 0.15) is 0 Å². The molecular weight excluding hydrogens is 154 g/mol. The van der Waals surface area contributed by atoms with E-state index in [9.17, 15) is 4.79 Å². The summed E-state index contributed by atoms with van der Waals surface area (Å²) in [5.41, 5.74) is 0.393. The molecule has 1 heterocycles. The Kier molecular flexibility index (Phi) is 1.74. The molecule has 2 rings (SSSR count). The predicted molar refractivity (Wildman–Crippen MR) is 42.5 cm³/mol. The first-order valence-electron chi connectivity index (χ1n) is 3.95. The Morgan fingerprint density at radius 1 is 1.58 bits per heavy atom. The van der Waals surface area contributed by atoms with Crippen LogP contribution in [0.25, 0.3) is 0 Å². The summed E-state index contributed by atoms with van der Waals surface area (Å²) in [6.45, 7) is 0. The van der Waals surface area contributed by atoms with Gasteiger partial charge in [-0.3, -0.25) is 4.79 Å². The molecule has 1 N–H and O–H groups in total. The van der Waals surface area contributed by atoms with Crippen LogP contribution in [-0.2, 0) is 0 Å². The van der Waals surface area contributed by atoms with Crippen LogP contribution in [0, 0.1) is 0 Å². The number of amides is 1. The Hall–Kier alpha value is -1.45. The SMILES string of the molecule is O=C(NC1CC1)c1cccnn1. The first kappa shape index (κ1) is 7.21. The first-order chi connectivity index (χ1) is 5.86. The van der Waals surface area contributed by atoms with Crippen molar-refractivity contribution in [2.24, 2.45) is 0 Å². The Balaban J connectivity index is 2.03. The molecule has 12 heavy (non-hydrogen) atoms. The quantitative estimate of drug-likeness (QED) is 0.685. The average molecular weight is 163 g/mol. The molecule has 1 saturated carbocycles. The van der Waals surface area contributed by atoms with E-state index in [1.807, 2.05) is 0 Å². The number of carbonyl (C=O) groups is 1. The van der Waals surface area contributed by atoms with Crippen LogP contribution >= 0.6 is 0 Å². The van der Waals surface area contributed by atoms with E-state index in [2.05, 4.69) is 15.5 Å². The van der Waals surface area contributed by atoms with E-state index in [0.717, 1.165) is 12.8 Å². The molecule has 62 valence electrons. The van der Waals surface area contributed by atoms with E-state index in [-0.39, 0.29) is 5.91 Å². The fourth-order valence-corrected chi connectivity index (χ4v) is 0.910. The normalized spacial score (nSPS) is 15.7. The highest BCUT2D eigenvalue weighted by atomic mass is 16.2. The molecule has 4 heteroatoms. The molecule has 0 aliphatic heterocycles. The first-order valence-corrected chi connectivity index (χ1v) is 3.95. The van der Waals surface area contributed by atoms with Gasteiger partial charge in [-0.2, -0.15) is 5.10 Å². The van der Waals surface area contributed by atoms with E-state index in [1.54, 1.807) is 18.3 Å². The van der Waals surface area contributed by atoms with Gasteiger partial charge in [0.2, 0.25) is 0 Å². The van der Waals surface area contributed by atoms with Gasteiger partial charge in [-0.15, -0.1) is 5.10 Å². The lowest BCUT2D eigenvalue weighted by atomic mass is 10.3. The minimum absolute atomic E-state index is 0.120. The molecule has 0 radical (unpaired) electrons. The third-order valence-corrected chi connectivity index (χ3v) is 1.72. The maximum Gasteiger partial charge on any atom is 0.272 e. The van der Waals surface area contributed by atoms with Crippen LogP contribution in [0.4, 0.5) is 0 Å². The zero-order valence-corrected chi connectivity index (χ0v) is 6.53. The minimum Gasteiger partial charge on any atom is -0.348 e. The molecule has 1 aliphatic carbocycles. The molecule has 1 aromatic rings. The van der Waals surface area contributed by atoms with Crippen molar-refractivity contribution in [1.82, 2.24) is 15.5 Å². The highest BCUT2D eigenvalue weighted by Gasteiger charge is 2.24. The predicted octanol–water partition coefficient (Wildman–Crippen LogP) is 0.369. The maximum atomic E-state index is 11.3. The zero-order valence-electron chi connectivity index (χ0n) is 6.53. The third-order valence-electron chi connectivity index (χ3n) is 1.72. The van der Waals surface area contributed by atoms with Gasteiger partial charge in [0.25, 0.3) is 5.91 Å². The molecular formula is C8H9N3O. The average Bonchev–Trinajstić information content (AvgIpc) is 2.90. The van der Waals surface area contributed by atoms with Crippen molar-refractivity contribution in [3.63, 3.8) is 0 Å². The second-order valence-corrected chi connectivity index (χ2v) is 2.86. The summed E-state index contributed by atoms with van der Waals surface area (Å²) < 4.78 is 0. The Bertz CT molecular complexity index is 282. The van der Waals surface area contributed by atoms with Crippen molar-refractivity contribution in [1.29, 1.82) is 0 Å². The summed E-state index contributed by atoms with van der Waals surface area (Å²) in [6, 6.07) is 3.74. The Labute approximate surface area is 70.0 Å². The summed E-state index contributed by atoms with van der Waals surface area (Å²) in [7, 11) is 0. The van der Waals surface area contributed by atoms with Crippen molar-refractivity contribution >= 4 is 5.91 Å². The van der Waals surface area contributed by atoms with Crippen molar-refractivity contribution in [3.05, 3.63) is 24.0 Å². The van der Waals surface area contributed by atoms with Gasteiger partial charge in [-0.25, -0.2) is 0 Å². The standard InChI is InChI=1S/C8H9N3O/c12-8(10-6-3-4-6)7-2-1-5-9-11-7/h1-2,5-6H,3-4H2,(H,10,12). The topological polar surface area (TPSA) is 54.9 Å². The number of rotatable bonds is 2. The van der Waals surface area contributed by atoms with Gasteiger partial charge in [0, 0.05) is 12.2 Å². The van der Waals surface area contributed by atoms with Gasteiger partial charge >= 0.3 is 0 Å². The fourth-order valence-electron chi connectivity index (χ4n) is 0.910. The Morgan fingerprint density at radius 2 is 2.42 bits per heavy atom. The molecule has 4 nitrogen and oxygen atoms in total. The van der Waals surface area contributed by atoms with Crippen molar-refractivity contribution < 1.29 is 4.79 Å². The van der Waals surface area contributed by atoms with Crippen LogP contribution in [0.1, 0.15) is 23.3 Å². The number of aromatic nitrogens is 2. The van der Waals surface area contributed by atoms with Crippen LogP contribution in [0.15, 0.2) is 18.3 Å². The molecule has 1 aromatic heterocycles. The summed E-state index contributed by atoms with van der Waals surface area (Å²) in [6.07, 6.45) is 3.73. The number of nitrogens with zero attached hydrogens (tertiary/aromatic N) is 2. The zero-order chi connectivity index (χ0) is 8.39. The van der Waals surface area contributed by atoms with Gasteiger partial charge < -0.3 is 5.32 Å². The molecule has 1 fully saturated rings. The number of nitrogens with one attached hydrogen (secondary N) is 1. The van der Waals surface area contributed by atoms with E-state index >= 15 is 0 Å². The Morgan fingerprint density at radius 3 is 3.00 bits per heavy atom. The molecule has 0 bridgehead atoms. The smallest absolute Gasteiger partial charge is 0.272 e. The molecule has 0 atom stereocenters. The largest absolute Gasteiger partial charge is 0.348 e. The summed E-state index contributed by atoms with van der Waals surface area (Å²) >= 11 is 0. The number of hydrogen-bond donors (Lipinski definition) is 1. The van der Waals surface area contributed by atoms with Crippen LogP contribution in [0.5, 0.6) is 0 Å². The van der Waals surface area contributed by atoms with Gasteiger partial charge in [-0.05, 0) is 25.0 Å². The van der Waals surface area contributed by atoms with Crippen molar-refractivity contribution in [3.8, 4) is 0 Å². The highest BCUT2D eigenvalue weighted by molar-refractivity contribution is 5.92. The van der Waals surface area contributed by atoms with E-state index in [0.29, 0.717) is 11.7 Å². The molecule has 0 unspecified atom stereocenters. The summed E-state index contributed by atoms with van der Waals surface area (Å²) in [4.78, 5) is 11.3. The van der Waals surface area contributed by atoms with Crippen LogP contribution < -0.4 is 5.32 Å². The minimum atomic E-state index is -0.120. The lowest BCUT2D eigenvalue weighted by Crippen LogP contribution is -2.26. The van der Waals surface area contributed by atoms with Gasteiger partial charge in [0.05, 0.1) is 0 Å². The number of carbonyl (C=O) groups excluding carboxylic acids is 1. The fraction of sp³-hybridized carbons (Fsp3) is 0.375. The van der Waals surface area contributed by atoms with Crippen molar-refractivity contribution in [2.75, 3.05) is 0 Å².